The predicted octanol–water partition coefficient (Wildman–Crippen LogP) is 3.83. The standard InChI is InChI=1S/C18H29FN2/c1-13(17(20)15-7-5-6-8-16(15)19)11-21-10-9-14(12-21)18(2,3)4/h5-8,13-14,17H,9-12,20H2,1-4H3. The highest BCUT2D eigenvalue weighted by Crippen LogP contribution is 2.34. The molecule has 1 fully saturated rings. The summed E-state index contributed by atoms with van der Waals surface area (Å²) in [7, 11) is 0. The van der Waals surface area contributed by atoms with Gasteiger partial charge in [0.2, 0.25) is 0 Å². The van der Waals surface area contributed by atoms with Gasteiger partial charge in [-0.3, -0.25) is 0 Å². The second-order valence-electron chi connectivity index (χ2n) is 7.64. The third-order valence-corrected chi connectivity index (χ3v) is 4.92. The summed E-state index contributed by atoms with van der Waals surface area (Å²) in [5, 5.41) is 0. The van der Waals surface area contributed by atoms with Crippen molar-refractivity contribution in [2.45, 2.75) is 40.2 Å². The van der Waals surface area contributed by atoms with Gasteiger partial charge in [0.15, 0.2) is 0 Å². The Balaban J connectivity index is 1.93. The summed E-state index contributed by atoms with van der Waals surface area (Å²) in [6.07, 6.45) is 1.26. The summed E-state index contributed by atoms with van der Waals surface area (Å²) in [5.41, 5.74) is 7.27. The second-order valence-corrected chi connectivity index (χ2v) is 7.64. The van der Waals surface area contributed by atoms with Gasteiger partial charge in [-0.1, -0.05) is 45.9 Å². The smallest absolute Gasteiger partial charge is 0.127 e. The molecule has 3 unspecified atom stereocenters. The maximum absolute atomic E-state index is 13.8. The molecule has 0 radical (unpaired) electrons. The van der Waals surface area contributed by atoms with Gasteiger partial charge in [0.1, 0.15) is 5.82 Å². The van der Waals surface area contributed by atoms with Gasteiger partial charge >= 0.3 is 0 Å². The van der Waals surface area contributed by atoms with Crippen LogP contribution in [0.1, 0.15) is 45.7 Å². The van der Waals surface area contributed by atoms with Crippen LogP contribution in [0.15, 0.2) is 24.3 Å². The largest absolute Gasteiger partial charge is 0.324 e. The van der Waals surface area contributed by atoms with Gasteiger partial charge in [-0.2, -0.15) is 0 Å². The molecule has 1 saturated heterocycles. The Labute approximate surface area is 128 Å². The van der Waals surface area contributed by atoms with Gasteiger partial charge in [0.25, 0.3) is 0 Å². The molecule has 0 spiro atoms. The second kappa shape index (κ2) is 6.45. The van der Waals surface area contributed by atoms with E-state index in [0.29, 0.717) is 11.0 Å². The lowest BCUT2D eigenvalue weighted by molar-refractivity contribution is 0.209. The molecule has 0 aromatic heterocycles. The van der Waals surface area contributed by atoms with Crippen molar-refractivity contribution >= 4 is 0 Å². The van der Waals surface area contributed by atoms with Crippen LogP contribution in [0.3, 0.4) is 0 Å². The molecule has 2 N–H and O–H groups in total. The van der Waals surface area contributed by atoms with Crippen molar-refractivity contribution in [3.8, 4) is 0 Å². The summed E-state index contributed by atoms with van der Waals surface area (Å²) in [4.78, 5) is 2.49. The zero-order valence-electron chi connectivity index (χ0n) is 13.8. The number of halogens is 1. The molecule has 0 saturated carbocycles. The molecule has 0 amide bonds. The van der Waals surface area contributed by atoms with Gasteiger partial charge in [0.05, 0.1) is 0 Å². The van der Waals surface area contributed by atoms with Crippen LogP contribution in [0, 0.1) is 23.1 Å². The number of hydrogen-bond acceptors (Lipinski definition) is 2. The average molecular weight is 292 g/mol. The predicted molar refractivity (Wildman–Crippen MR) is 86.5 cm³/mol. The number of nitrogens with zero attached hydrogens (tertiary/aromatic N) is 1. The Morgan fingerprint density at radius 1 is 1.33 bits per heavy atom. The summed E-state index contributed by atoms with van der Waals surface area (Å²) < 4.78 is 13.8. The van der Waals surface area contributed by atoms with E-state index in [0.717, 1.165) is 25.6 Å². The van der Waals surface area contributed by atoms with Crippen LogP contribution in [-0.2, 0) is 0 Å². The van der Waals surface area contributed by atoms with Crippen molar-refractivity contribution in [2.75, 3.05) is 19.6 Å². The first-order valence-electron chi connectivity index (χ1n) is 8.01. The molecular formula is C18H29FN2. The van der Waals surface area contributed by atoms with Crippen LogP contribution in [0.5, 0.6) is 0 Å². The quantitative estimate of drug-likeness (QED) is 0.914. The molecule has 0 bridgehead atoms. The van der Waals surface area contributed by atoms with Crippen molar-refractivity contribution in [2.24, 2.45) is 23.0 Å². The average Bonchev–Trinajstić information content (AvgIpc) is 2.87. The third kappa shape index (κ3) is 4.04. The van der Waals surface area contributed by atoms with Gasteiger partial charge in [-0.25, -0.2) is 4.39 Å². The summed E-state index contributed by atoms with van der Waals surface area (Å²) in [5.74, 6) is 0.806. The van der Waals surface area contributed by atoms with Crippen molar-refractivity contribution < 1.29 is 4.39 Å². The van der Waals surface area contributed by atoms with Crippen LogP contribution >= 0.6 is 0 Å². The highest BCUT2D eigenvalue weighted by atomic mass is 19.1. The fourth-order valence-electron chi connectivity index (χ4n) is 3.28. The monoisotopic (exact) mass is 292 g/mol. The topological polar surface area (TPSA) is 29.3 Å². The number of rotatable bonds is 4. The SMILES string of the molecule is CC(CN1CCC(C(C)(C)C)C1)C(N)c1ccccc1F. The maximum Gasteiger partial charge on any atom is 0.127 e. The first kappa shape index (κ1) is 16.4. The fraction of sp³-hybridized carbons (Fsp3) is 0.667. The summed E-state index contributed by atoms with van der Waals surface area (Å²) >= 11 is 0. The lowest BCUT2D eigenvalue weighted by Gasteiger charge is -2.29. The Morgan fingerprint density at radius 3 is 2.57 bits per heavy atom. The van der Waals surface area contributed by atoms with Gasteiger partial charge in [0, 0.05) is 24.7 Å². The summed E-state index contributed by atoms with van der Waals surface area (Å²) in [6.45, 7) is 12.3. The molecule has 1 aromatic rings. The molecule has 0 aliphatic carbocycles. The molecule has 3 atom stereocenters. The van der Waals surface area contributed by atoms with E-state index >= 15 is 0 Å². The Morgan fingerprint density at radius 2 is 2.00 bits per heavy atom. The number of likely N-dealkylation sites (tertiary alicyclic amines) is 1. The third-order valence-electron chi connectivity index (χ3n) is 4.92. The molecule has 118 valence electrons. The Kier molecular flexibility index (Phi) is 5.05. The van der Waals surface area contributed by atoms with Gasteiger partial charge in [-0.05, 0) is 36.3 Å². The molecule has 21 heavy (non-hydrogen) atoms. The Bertz CT molecular complexity index is 467. The molecule has 1 aliphatic heterocycles. The lowest BCUT2D eigenvalue weighted by atomic mass is 9.80. The molecule has 1 heterocycles. The summed E-state index contributed by atoms with van der Waals surface area (Å²) in [6, 6.07) is 6.63. The van der Waals surface area contributed by atoms with Crippen molar-refractivity contribution in [1.29, 1.82) is 0 Å². The highest BCUT2D eigenvalue weighted by Gasteiger charge is 2.32. The van der Waals surface area contributed by atoms with E-state index in [1.807, 2.05) is 6.07 Å². The van der Waals surface area contributed by atoms with E-state index in [2.05, 4.69) is 32.6 Å². The molecular weight excluding hydrogens is 263 g/mol. The van der Waals surface area contributed by atoms with Gasteiger partial charge in [-0.15, -0.1) is 0 Å². The van der Waals surface area contributed by atoms with E-state index < -0.39 is 0 Å². The fourth-order valence-corrected chi connectivity index (χ4v) is 3.28. The van der Waals surface area contributed by atoms with E-state index in [9.17, 15) is 4.39 Å². The molecule has 1 aliphatic rings. The van der Waals surface area contributed by atoms with Crippen LogP contribution in [0.4, 0.5) is 4.39 Å². The Hall–Kier alpha value is -0.930. The first-order valence-corrected chi connectivity index (χ1v) is 8.01. The van der Waals surface area contributed by atoms with Crippen molar-refractivity contribution in [3.05, 3.63) is 35.6 Å². The molecule has 2 rings (SSSR count). The van der Waals surface area contributed by atoms with Crippen LogP contribution in [0.25, 0.3) is 0 Å². The molecule has 2 nitrogen and oxygen atoms in total. The van der Waals surface area contributed by atoms with E-state index in [-0.39, 0.29) is 17.8 Å². The van der Waals surface area contributed by atoms with Gasteiger partial charge < -0.3 is 10.6 Å². The maximum atomic E-state index is 13.8. The van der Waals surface area contributed by atoms with Crippen LogP contribution < -0.4 is 5.73 Å². The lowest BCUT2D eigenvalue weighted by Crippen LogP contribution is -2.33. The van der Waals surface area contributed by atoms with E-state index in [4.69, 9.17) is 5.73 Å². The van der Waals surface area contributed by atoms with E-state index in [1.54, 1.807) is 12.1 Å². The minimum atomic E-state index is -0.236. The molecule has 3 heteroatoms. The zero-order valence-corrected chi connectivity index (χ0v) is 13.8. The number of benzene rings is 1. The van der Waals surface area contributed by atoms with Crippen molar-refractivity contribution in [3.63, 3.8) is 0 Å². The van der Waals surface area contributed by atoms with Crippen LogP contribution in [-0.4, -0.2) is 24.5 Å². The minimum absolute atomic E-state index is 0.189. The van der Waals surface area contributed by atoms with Crippen LogP contribution in [0.2, 0.25) is 0 Å². The highest BCUT2D eigenvalue weighted by molar-refractivity contribution is 5.21. The normalized spacial score (nSPS) is 23.2. The van der Waals surface area contributed by atoms with Crippen molar-refractivity contribution in [1.82, 2.24) is 4.90 Å². The van der Waals surface area contributed by atoms with E-state index in [1.165, 1.54) is 12.5 Å². The number of nitrogens with two attached hydrogens (primary N) is 1. The minimum Gasteiger partial charge on any atom is -0.324 e. The number of hydrogen-bond donors (Lipinski definition) is 1. The first-order chi connectivity index (χ1) is 9.79. The molecule has 1 aromatic carbocycles. The zero-order chi connectivity index (χ0) is 15.6.